The van der Waals surface area contributed by atoms with E-state index in [1.165, 1.54) is 7.11 Å². The molecule has 0 radical (unpaired) electrons. The number of carbonyl (C=O) groups excluding carboxylic acids is 1. The Labute approximate surface area is 233 Å². The average Bonchev–Trinajstić information content (AvgIpc) is 3.68. The lowest BCUT2D eigenvalue weighted by Gasteiger charge is -2.15. The number of halogens is 2. The van der Waals surface area contributed by atoms with Crippen LogP contribution in [0.15, 0.2) is 51.8 Å². The number of allylic oxidation sites excluding steroid dienone is 1. The van der Waals surface area contributed by atoms with Crippen molar-refractivity contribution in [2.75, 3.05) is 25.1 Å². The standard InChI is InChI=1S/C28H23Cl2N5O4/c1-37-27(36)16-4-2-3-15(9-16)26-32-28(39-34-26)35-12-19-17(20(19)13-35)7-8-18-24(33-38-25(18)14-5-6-14)23-21(29)10-31-11-22(23)30/h2-4,7-11,14,17,19-20H,5-6,12-13H2,1H3. The highest BCUT2D eigenvalue weighted by molar-refractivity contribution is 6.39. The molecule has 4 heterocycles. The maximum absolute atomic E-state index is 11.9. The van der Waals surface area contributed by atoms with Gasteiger partial charge in [0.1, 0.15) is 11.5 Å². The van der Waals surface area contributed by atoms with E-state index in [0.717, 1.165) is 37.3 Å². The predicted molar refractivity (Wildman–Crippen MR) is 145 cm³/mol. The van der Waals surface area contributed by atoms with E-state index in [0.29, 0.717) is 67.9 Å². The molecule has 7 rings (SSSR count). The molecule has 4 aromatic rings. The molecule has 0 N–H and O–H groups in total. The monoisotopic (exact) mass is 563 g/mol. The molecule has 3 aromatic heterocycles. The number of carbonyl (C=O) groups is 1. The van der Waals surface area contributed by atoms with Crippen LogP contribution in [0.5, 0.6) is 0 Å². The molecule has 1 saturated heterocycles. The minimum Gasteiger partial charge on any atom is -0.465 e. The van der Waals surface area contributed by atoms with Gasteiger partial charge in [0, 0.05) is 48.1 Å². The molecule has 0 spiro atoms. The highest BCUT2D eigenvalue weighted by atomic mass is 35.5. The van der Waals surface area contributed by atoms with Crippen molar-refractivity contribution in [2.24, 2.45) is 17.8 Å². The van der Waals surface area contributed by atoms with Gasteiger partial charge in [-0.1, -0.05) is 57.8 Å². The summed E-state index contributed by atoms with van der Waals surface area (Å²) in [5.74, 6) is 2.76. The Morgan fingerprint density at radius 3 is 2.59 bits per heavy atom. The van der Waals surface area contributed by atoms with Crippen LogP contribution < -0.4 is 4.90 Å². The number of anilines is 1. The lowest BCUT2D eigenvalue weighted by Crippen LogP contribution is -2.23. The molecule has 2 atom stereocenters. The Bertz CT molecular complexity index is 1580. The van der Waals surface area contributed by atoms with Crippen molar-refractivity contribution >= 4 is 41.3 Å². The van der Waals surface area contributed by atoms with E-state index in [1.807, 2.05) is 6.07 Å². The van der Waals surface area contributed by atoms with Gasteiger partial charge in [0.15, 0.2) is 0 Å². The fourth-order valence-corrected chi connectivity index (χ4v) is 6.06. The molecular weight excluding hydrogens is 541 g/mol. The number of aromatic nitrogens is 4. The van der Waals surface area contributed by atoms with Gasteiger partial charge in [0.2, 0.25) is 5.82 Å². The van der Waals surface area contributed by atoms with Gasteiger partial charge in [0.05, 0.1) is 22.7 Å². The smallest absolute Gasteiger partial charge is 0.337 e. The zero-order valence-corrected chi connectivity index (χ0v) is 22.4. The number of benzene rings is 1. The number of hydrogen-bond donors (Lipinski definition) is 0. The third-order valence-electron chi connectivity index (χ3n) is 7.77. The Morgan fingerprint density at radius 2 is 1.87 bits per heavy atom. The minimum absolute atomic E-state index is 0.388. The fraction of sp³-hybridized carbons (Fsp3) is 0.321. The molecule has 0 bridgehead atoms. The molecule has 2 saturated carbocycles. The van der Waals surface area contributed by atoms with Gasteiger partial charge in [-0.3, -0.25) is 4.98 Å². The van der Waals surface area contributed by atoms with Crippen LogP contribution in [0.1, 0.15) is 40.4 Å². The van der Waals surface area contributed by atoms with Crippen LogP contribution in [-0.4, -0.2) is 46.4 Å². The summed E-state index contributed by atoms with van der Waals surface area (Å²) >= 11 is 12.9. The van der Waals surface area contributed by atoms with Crippen LogP contribution in [0.4, 0.5) is 6.01 Å². The van der Waals surface area contributed by atoms with Gasteiger partial charge in [-0.05, 0) is 42.7 Å². The van der Waals surface area contributed by atoms with Crippen LogP contribution in [-0.2, 0) is 4.74 Å². The second-order valence-corrected chi connectivity index (χ2v) is 11.0. The molecule has 1 aliphatic heterocycles. The predicted octanol–water partition coefficient (Wildman–Crippen LogP) is 6.15. The SMILES string of the molecule is COC(=O)c1cccc(-c2noc(N3CC4C(C=Cc5c(-c6c(Cl)cncc6Cl)noc5C5CC5)C4C3)n2)c1. The van der Waals surface area contributed by atoms with Gasteiger partial charge < -0.3 is 18.7 Å². The first kappa shape index (κ1) is 24.4. The summed E-state index contributed by atoms with van der Waals surface area (Å²) in [6, 6.07) is 7.48. The Morgan fingerprint density at radius 1 is 1.10 bits per heavy atom. The van der Waals surface area contributed by atoms with Crippen LogP contribution in [0.3, 0.4) is 0 Å². The number of methoxy groups -OCH3 is 1. The lowest BCUT2D eigenvalue weighted by atomic mass is 10.0. The van der Waals surface area contributed by atoms with Gasteiger partial charge in [0.25, 0.3) is 0 Å². The fourth-order valence-electron chi connectivity index (χ4n) is 5.51. The Kier molecular flexibility index (Phi) is 5.93. The first-order valence-electron chi connectivity index (χ1n) is 12.8. The molecule has 9 nitrogen and oxygen atoms in total. The first-order valence-corrected chi connectivity index (χ1v) is 13.5. The molecule has 198 valence electrons. The molecule has 0 amide bonds. The number of piperidine rings is 1. The molecule has 3 aliphatic rings. The van der Waals surface area contributed by atoms with Crippen molar-refractivity contribution in [1.29, 1.82) is 0 Å². The van der Waals surface area contributed by atoms with E-state index in [9.17, 15) is 4.79 Å². The van der Waals surface area contributed by atoms with E-state index in [1.54, 1.807) is 30.6 Å². The number of nitrogens with zero attached hydrogens (tertiary/aromatic N) is 5. The van der Waals surface area contributed by atoms with Gasteiger partial charge in [-0.25, -0.2) is 4.79 Å². The third-order valence-corrected chi connectivity index (χ3v) is 8.34. The van der Waals surface area contributed by atoms with Crippen molar-refractivity contribution in [3.63, 3.8) is 0 Å². The normalized spacial score (nSPS) is 21.9. The van der Waals surface area contributed by atoms with Gasteiger partial charge in [-0.15, -0.1) is 0 Å². The number of rotatable bonds is 7. The summed E-state index contributed by atoms with van der Waals surface area (Å²) in [5.41, 5.74) is 3.39. The summed E-state index contributed by atoms with van der Waals surface area (Å²) in [7, 11) is 1.35. The van der Waals surface area contributed by atoms with Crippen molar-refractivity contribution < 1.29 is 18.6 Å². The van der Waals surface area contributed by atoms with Gasteiger partial charge in [-0.2, -0.15) is 4.98 Å². The van der Waals surface area contributed by atoms with Crippen molar-refractivity contribution in [3.8, 4) is 22.6 Å². The van der Waals surface area contributed by atoms with E-state index in [2.05, 4.69) is 37.3 Å². The van der Waals surface area contributed by atoms with E-state index in [4.69, 9.17) is 37.0 Å². The maximum atomic E-state index is 11.9. The first-order chi connectivity index (χ1) is 19.0. The van der Waals surface area contributed by atoms with Crippen LogP contribution in [0.2, 0.25) is 10.0 Å². The summed E-state index contributed by atoms with van der Waals surface area (Å²) < 4.78 is 16.1. The van der Waals surface area contributed by atoms with Crippen molar-refractivity contribution in [2.45, 2.75) is 18.8 Å². The Hall–Kier alpha value is -3.69. The molecule has 3 fully saturated rings. The quantitative estimate of drug-likeness (QED) is 0.244. The zero-order valence-electron chi connectivity index (χ0n) is 20.9. The molecule has 11 heteroatoms. The van der Waals surface area contributed by atoms with E-state index >= 15 is 0 Å². The van der Waals surface area contributed by atoms with E-state index in [-0.39, 0.29) is 0 Å². The molecule has 2 aliphatic carbocycles. The zero-order chi connectivity index (χ0) is 26.7. The average molecular weight is 564 g/mol. The second-order valence-electron chi connectivity index (χ2n) is 10.2. The number of hydrogen-bond acceptors (Lipinski definition) is 9. The number of esters is 1. The second kappa shape index (κ2) is 9.50. The third kappa shape index (κ3) is 4.39. The number of fused-ring (bicyclic) bond motifs is 1. The number of ether oxygens (including phenoxy) is 1. The minimum atomic E-state index is -0.408. The summed E-state index contributed by atoms with van der Waals surface area (Å²) in [4.78, 5) is 22.6. The molecule has 2 unspecified atom stereocenters. The summed E-state index contributed by atoms with van der Waals surface area (Å²) in [6.45, 7) is 1.66. The highest BCUT2D eigenvalue weighted by Gasteiger charge is 2.55. The van der Waals surface area contributed by atoms with Crippen molar-refractivity contribution in [3.05, 3.63) is 69.7 Å². The maximum Gasteiger partial charge on any atom is 0.337 e. The van der Waals surface area contributed by atoms with Crippen LogP contribution >= 0.6 is 23.2 Å². The number of pyridine rings is 1. The van der Waals surface area contributed by atoms with Crippen LogP contribution in [0, 0.1) is 17.8 Å². The summed E-state index contributed by atoms with van der Waals surface area (Å²) in [5, 5.41) is 9.38. The molecular formula is C28H23Cl2N5O4. The molecule has 1 aromatic carbocycles. The van der Waals surface area contributed by atoms with Gasteiger partial charge >= 0.3 is 12.0 Å². The lowest BCUT2D eigenvalue weighted by molar-refractivity contribution is 0.0600. The Balaban J connectivity index is 1.06. The largest absolute Gasteiger partial charge is 0.465 e. The van der Waals surface area contributed by atoms with Crippen LogP contribution in [0.25, 0.3) is 28.7 Å². The highest BCUT2D eigenvalue weighted by Crippen LogP contribution is 2.54. The van der Waals surface area contributed by atoms with E-state index < -0.39 is 5.97 Å². The topological polar surface area (TPSA) is 107 Å². The van der Waals surface area contributed by atoms with Crippen molar-refractivity contribution in [1.82, 2.24) is 20.3 Å². The summed E-state index contributed by atoms with van der Waals surface area (Å²) in [6.07, 6.45) is 9.71. The molecule has 39 heavy (non-hydrogen) atoms.